The molecule has 0 aliphatic carbocycles. The van der Waals surface area contributed by atoms with Crippen LogP contribution in [0.15, 0.2) is 16.6 Å². The first kappa shape index (κ1) is 11.1. The van der Waals surface area contributed by atoms with Gasteiger partial charge in [0.1, 0.15) is 5.82 Å². The van der Waals surface area contributed by atoms with Crippen molar-refractivity contribution in [2.45, 2.75) is 26.4 Å². The minimum absolute atomic E-state index is 0.169. The zero-order valence-electron chi connectivity index (χ0n) is 8.89. The summed E-state index contributed by atoms with van der Waals surface area (Å²) in [6, 6.07) is 3.80. The van der Waals surface area contributed by atoms with Gasteiger partial charge in [-0.25, -0.2) is 4.39 Å². The fourth-order valence-electron chi connectivity index (χ4n) is 2.03. The van der Waals surface area contributed by atoms with Gasteiger partial charge in [-0.05, 0) is 33.5 Å². The molecule has 0 saturated carbocycles. The molecule has 0 bridgehead atoms. The lowest BCUT2D eigenvalue weighted by Gasteiger charge is -2.29. The van der Waals surface area contributed by atoms with Crippen molar-refractivity contribution in [3.63, 3.8) is 0 Å². The molecule has 1 heterocycles. The minimum atomic E-state index is -0.169. The van der Waals surface area contributed by atoms with E-state index in [4.69, 9.17) is 4.74 Å². The molecule has 0 fully saturated rings. The van der Waals surface area contributed by atoms with Crippen LogP contribution in [0.5, 0.6) is 0 Å². The molecule has 0 aromatic heterocycles. The van der Waals surface area contributed by atoms with Gasteiger partial charge in [0, 0.05) is 11.5 Å². The molecule has 0 radical (unpaired) electrons. The molecule has 0 spiro atoms. The van der Waals surface area contributed by atoms with E-state index in [-0.39, 0.29) is 5.82 Å². The van der Waals surface area contributed by atoms with E-state index >= 15 is 0 Å². The van der Waals surface area contributed by atoms with Crippen LogP contribution in [0, 0.1) is 11.7 Å². The SMILES string of the molecule is CC(C)C1COCc2c1ccc(Br)c2F. The lowest BCUT2D eigenvalue weighted by molar-refractivity contribution is 0.0765. The Bertz CT molecular complexity index is 376. The van der Waals surface area contributed by atoms with Crippen molar-refractivity contribution in [2.75, 3.05) is 6.61 Å². The zero-order valence-corrected chi connectivity index (χ0v) is 10.5. The highest BCUT2D eigenvalue weighted by Gasteiger charge is 2.26. The summed E-state index contributed by atoms with van der Waals surface area (Å²) in [7, 11) is 0. The first-order chi connectivity index (χ1) is 7.11. The Hall–Kier alpha value is -0.410. The van der Waals surface area contributed by atoms with E-state index in [0.717, 1.165) is 5.56 Å². The van der Waals surface area contributed by atoms with Crippen molar-refractivity contribution < 1.29 is 9.13 Å². The van der Waals surface area contributed by atoms with Crippen LogP contribution in [0.2, 0.25) is 0 Å². The van der Waals surface area contributed by atoms with Gasteiger partial charge in [0.2, 0.25) is 0 Å². The fraction of sp³-hybridized carbons (Fsp3) is 0.500. The Kier molecular flexibility index (Phi) is 3.12. The molecule has 3 heteroatoms. The van der Waals surface area contributed by atoms with E-state index in [1.165, 1.54) is 0 Å². The maximum absolute atomic E-state index is 13.8. The normalized spacial score (nSPS) is 20.5. The topological polar surface area (TPSA) is 9.23 Å². The van der Waals surface area contributed by atoms with Gasteiger partial charge in [-0.3, -0.25) is 0 Å². The van der Waals surface area contributed by atoms with Crippen molar-refractivity contribution in [3.8, 4) is 0 Å². The van der Waals surface area contributed by atoms with Crippen LogP contribution in [-0.2, 0) is 11.3 Å². The first-order valence-corrected chi connectivity index (χ1v) is 5.95. The van der Waals surface area contributed by atoms with Gasteiger partial charge in [0.25, 0.3) is 0 Å². The van der Waals surface area contributed by atoms with Crippen LogP contribution in [0.3, 0.4) is 0 Å². The number of benzene rings is 1. The third kappa shape index (κ3) is 1.95. The molecule has 0 saturated heterocycles. The van der Waals surface area contributed by atoms with Crippen LogP contribution in [0.25, 0.3) is 0 Å². The maximum atomic E-state index is 13.8. The van der Waals surface area contributed by atoms with E-state index in [1.807, 2.05) is 6.07 Å². The number of fused-ring (bicyclic) bond motifs is 1. The van der Waals surface area contributed by atoms with Gasteiger partial charge < -0.3 is 4.74 Å². The summed E-state index contributed by atoms with van der Waals surface area (Å²) < 4.78 is 19.8. The Labute approximate surface area is 97.8 Å². The highest BCUT2D eigenvalue weighted by atomic mass is 79.9. The number of hydrogen-bond acceptors (Lipinski definition) is 1. The average molecular weight is 273 g/mol. The van der Waals surface area contributed by atoms with Gasteiger partial charge in [0.15, 0.2) is 0 Å². The standard InChI is InChI=1S/C12H14BrFO/c1-7(2)9-5-15-6-10-8(9)3-4-11(13)12(10)14/h3-4,7,9H,5-6H2,1-2H3. The molecule has 15 heavy (non-hydrogen) atoms. The lowest BCUT2D eigenvalue weighted by Crippen LogP contribution is -2.22. The van der Waals surface area contributed by atoms with Gasteiger partial charge in [-0.1, -0.05) is 19.9 Å². The largest absolute Gasteiger partial charge is 0.376 e. The zero-order chi connectivity index (χ0) is 11.0. The predicted octanol–water partition coefficient (Wildman–Crippen LogP) is 3.86. The van der Waals surface area contributed by atoms with Crippen molar-refractivity contribution in [3.05, 3.63) is 33.5 Å². The monoisotopic (exact) mass is 272 g/mol. The van der Waals surface area contributed by atoms with Crippen LogP contribution < -0.4 is 0 Å². The van der Waals surface area contributed by atoms with E-state index in [0.29, 0.717) is 35.1 Å². The first-order valence-electron chi connectivity index (χ1n) is 5.15. The van der Waals surface area contributed by atoms with Crippen LogP contribution in [0.1, 0.15) is 30.9 Å². The minimum Gasteiger partial charge on any atom is -0.376 e. The summed E-state index contributed by atoms with van der Waals surface area (Å²) in [4.78, 5) is 0. The second-order valence-electron chi connectivity index (χ2n) is 4.29. The molecule has 1 atom stereocenters. The molecule has 1 aliphatic rings. The smallest absolute Gasteiger partial charge is 0.143 e. The molecule has 0 amide bonds. The number of ether oxygens (including phenoxy) is 1. The molecule has 1 unspecified atom stereocenters. The van der Waals surface area contributed by atoms with Gasteiger partial charge in [0.05, 0.1) is 17.7 Å². The fourth-order valence-corrected chi connectivity index (χ4v) is 2.40. The summed E-state index contributed by atoms with van der Waals surface area (Å²) in [5.41, 5.74) is 1.83. The summed E-state index contributed by atoms with van der Waals surface area (Å²) in [5.74, 6) is 0.624. The Morgan fingerprint density at radius 3 is 2.87 bits per heavy atom. The molecule has 1 aromatic carbocycles. The van der Waals surface area contributed by atoms with Gasteiger partial charge in [-0.15, -0.1) is 0 Å². The Balaban J connectivity index is 2.49. The van der Waals surface area contributed by atoms with E-state index < -0.39 is 0 Å². The molecule has 0 N–H and O–H groups in total. The van der Waals surface area contributed by atoms with E-state index in [1.54, 1.807) is 6.07 Å². The quantitative estimate of drug-likeness (QED) is 0.755. The molecular weight excluding hydrogens is 259 g/mol. The molecular formula is C12H14BrFO. The second kappa shape index (κ2) is 4.22. The van der Waals surface area contributed by atoms with Crippen LogP contribution >= 0.6 is 15.9 Å². The maximum Gasteiger partial charge on any atom is 0.143 e. The third-order valence-electron chi connectivity index (χ3n) is 2.98. The molecule has 1 nitrogen and oxygen atoms in total. The van der Waals surface area contributed by atoms with Crippen LogP contribution in [0.4, 0.5) is 4.39 Å². The summed E-state index contributed by atoms with van der Waals surface area (Å²) in [6.45, 7) is 5.38. The average Bonchev–Trinajstić information content (AvgIpc) is 2.23. The highest BCUT2D eigenvalue weighted by molar-refractivity contribution is 9.10. The Morgan fingerprint density at radius 2 is 2.20 bits per heavy atom. The van der Waals surface area contributed by atoms with Crippen LogP contribution in [-0.4, -0.2) is 6.61 Å². The predicted molar refractivity (Wildman–Crippen MR) is 61.3 cm³/mol. The summed E-state index contributed by atoms with van der Waals surface area (Å²) in [5, 5.41) is 0. The van der Waals surface area contributed by atoms with Crippen molar-refractivity contribution in [1.82, 2.24) is 0 Å². The summed E-state index contributed by atoms with van der Waals surface area (Å²) in [6.07, 6.45) is 0. The van der Waals surface area contributed by atoms with E-state index in [2.05, 4.69) is 29.8 Å². The molecule has 1 aromatic rings. The van der Waals surface area contributed by atoms with Crippen molar-refractivity contribution >= 4 is 15.9 Å². The van der Waals surface area contributed by atoms with Crippen molar-refractivity contribution in [2.24, 2.45) is 5.92 Å². The van der Waals surface area contributed by atoms with Crippen molar-refractivity contribution in [1.29, 1.82) is 0 Å². The van der Waals surface area contributed by atoms with Gasteiger partial charge >= 0.3 is 0 Å². The van der Waals surface area contributed by atoms with Gasteiger partial charge in [-0.2, -0.15) is 0 Å². The second-order valence-corrected chi connectivity index (χ2v) is 5.15. The highest BCUT2D eigenvalue weighted by Crippen LogP contribution is 2.35. The Morgan fingerprint density at radius 1 is 1.47 bits per heavy atom. The van der Waals surface area contributed by atoms with E-state index in [9.17, 15) is 4.39 Å². The lowest BCUT2D eigenvalue weighted by atomic mass is 9.85. The molecule has 82 valence electrons. The third-order valence-corrected chi connectivity index (χ3v) is 3.59. The molecule has 1 aliphatic heterocycles. The molecule has 2 rings (SSSR count). The number of rotatable bonds is 1. The summed E-state index contributed by atoms with van der Waals surface area (Å²) >= 11 is 3.20. The number of halogens is 2. The number of hydrogen-bond donors (Lipinski definition) is 0.